The number of nitrogens with one attached hydrogen (secondary N) is 1. The second-order valence-electron chi connectivity index (χ2n) is 6.35. The van der Waals surface area contributed by atoms with Crippen LogP contribution in [0, 0.1) is 0 Å². The van der Waals surface area contributed by atoms with Gasteiger partial charge in [0.05, 0.1) is 6.61 Å². The van der Waals surface area contributed by atoms with Crippen molar-refractivity contribution < 1.29 is 14.6 Å². The summed E-state index contributed by atoms with van der Waals surface area (Å²) < 4.78 is 5.27. The Morgan fingerprint density at radius 2 is 1.43 bits per heavy atom. The molecule has 0 saturated carbocycles. The van der Waals surface area contributed by atoms with E-state index in [4.69, 9.17) is 4.74 Å². The molecule has 0 aromatic carbocycles. The minimum absolute atomic E-state index is 0.0217. The number of carbonyl (C=O) groups excluding carboxylic acids is 1. The van der Waals surface area contributed by atoms with Crippen molar-refractivity contribution in [3.8, 4) is 0 Å². The Labute approximate surface area is 143 Å². The van der Waals surface area contributed by atoms with Crippen LogP contribution < -0.4 is 5.32 Å². The zero-order valence-electron chi connectivity index (χ0n) is 15.4. The molecular weight excluding hydrogens is 290 g/mol. The summed E-state index contributed by atoms with van der Waals surface area (Å²) in [7, 11) is 0. The lowest BCUT2D eigenvalue weighted by molar-refractivity contribution is -0.123. The van der Waals surface area contributed by atoms with Gasteiger partial charge in [-0.05, 0) is 12.8 Å². The highest BCUT2D eigenvalue weighted by atomic mass is 16.6. The molecule has 0 heterocycles. The molecule has 138 valence electrons. The number of aliphatic hydroxyl groups excluding tert-OH is 1. The molecule has 0 fully saturated rings. The first-order valence-corrected chi connectivity index (χ1v) is 9.77. The highest BCUT2D eigenvalue weighted by molar-refractivity contribution is 5.75. The molecule has 4 heteroatoms. The minimum Gasteiger partial charge on any atom is -0.368 e. The van der Waals surface area contributed by atoms with Gasteiger partial charge in [0.1, 0.15) is 0 Å². The van der Waals surface area contributed by atoms with Crippen LogP contribution in [0.1, 0.15) is 97.3 Å². The van der Waals surface area contributed by atoms with Crippen LogP contribution in [0.4, 0.5) is 0 Å². The van der Waals surface area contributed by atoms with E-state index < -0.39 is 6.29 Å². The molecule has 0 aromatic heterocycles. The van der Waals surface area contributed by atoms with E-state index in [9.17, 15) is 9.90 Å². The molecule has 1 amide bonds. The summed E-state index contributed by atoms with van der Waals surface area (Å²) in [6.07, 6.45) is 14.9. The van der Waals surface area contributed by atoms with E-state index in [1.807, 2.05) is 6.92 Å². The van der Waals surface area contributed by atoms with Crippen molar-refractivity contribution in [1.29, 1.82) is 0 Å². The number of rotatable bonds is 17. The van der Waals surface area contributed by atoms with Gasteiger partial charge in [-0.3, -0.25) is 4.79 Å². The third-order valence-corrected chi connectivity index (χ3v) is 4.11. The van der Waals surface area contributed by atoms with Gasteiger partial charge in [0.2, 0.25) is 5.91 Å². The number of hydrogen-bond donors (Lipinski definition) is 2. The molecule has 0 aliphatic rings. The third kappa shape index (κ3) is 17.6. The second kappa shape index (κ2) is 17.7. The Morgan fingerprint density at radius 3 is 1.96 bits per heavy atom. The Morgan fingerprint density at radius 1 is 0.913 bits per heavy atom. The Hall–Kier alpha value is -0.610. The van der Waals surface area contributed by atoms with Crippen molar-refractivity contribution in [2.24, 2.45) is 0 Å². The van der Waals surface area contributed by atoms with Gasteiger partial charge in [-0.2, -0.15) is 0 Å². The smallest absolute Gasteiger partial charge is 0.219 e. The third-order valence-electron chi connectivity index (χ3n) is 4.11. The predicted octanol–water partition coefficient (Wildman–Crippen LogP) is 4.55. The number of aliphatic hydroxyl groups is 1. The lowest BCUT2D eigenvalue weighted by Crippen LogP contribution is -2.28. The van der Waals surface area contributed by atoms with Crippen LogP contribution in [0.15, 0.2) is 0 Å². The van der Waals surface area contributed by atoms with Crippen molar-refractivity contribution in [3.63, 3.8) is 0 Å². The zero-order chi connectivity index (χ0) is 17.2. The first-order valence-electron chi connectivity index (χ1n) is 9.77. The van der Waals surface area contributed by atoms with Gasteiger partial charge in [-0.1, -0.05) is 78.1 Å². The fourth-order valence-electron chi connectivity index (χ4n) is 2.58. The topological polar surface area (TPSA) is 58.6 Å². The number of hydrogen-bond acceptors (Lipinski definition) is 3. The van der Waals surface area contributed by atoms with Crippen LogP contribution in [0.5, 0.6) is 0 Å². The van der Waals surface area contributed by atoms with E-state index in [2.05, 4.69) is 12.2 Å². The zero-order valence-corrected chi connectivity index (χ0v) is 15.4. The number of ether oxygens (including phenoxy) is 1. The standard InChI is InChI=1S/C19H39NO3/c1-3-5-6-7-8-9-10-11-12-13-14-15-19(22)23-17-16-20-18(21)4-2/h19,22H,3-17H2,1-2H3,(H,20,21). The van der Waals surface area contributed by atoms with E-state index in [1.165, 1.54) is 64.2 Å². The molecule has 0 bridgehead atoms. The Bertz CT molecular complexity index is 259. The molecule has 0 aromatic rings. The SMILES string of the molecule is CCCCCCCCCCCCCC(O)OCCNC(=O)CC. The van der Waals surface area contributed by atoms with E-state index in [-0.39, 0.29) is 5.91 Å². The molecule has 1 atom stereocenters. The van der Waals surface area contributed by atoms with E-state index in [0.29, 0.717) is 26.0 Å². The molecule has 23 heavy (non-hydrogen) atoms. The van der Waals surface area contributed by atoms with Crippen LogP contribution in [0.2, 0.25) is 0 Å². The first-order chi connectivity index (χ1) is 11.2. The predicted molar refractivity (Wildman–Crippen MR) is 96.3 cm³/mol. The van der Waals surface area contributed by atoms with Crippen molar-refractivity contribution in [2.45, 2.75) is 104 Å². The van der Waals surface area contributed by atoms with E-state index in [0.717, 1.165) is 6.42 Å². The highest BCUT2D eigenvalue weighted by Crippen LogP contribution is 2.12. The van der Waals surface area contributed by atoms with Crippen molar-refractivity contribution in [1.82, 2.24) is 5.32 Å². The van der Waals surface area contributed by atoms with Gasteiger partial charge >= 0.3 is 0 Å². The van der Waals surface area contributed by atoms with Gasteiger partial charge in [-0.15, -0.1) is 0 Å². The molecule has 0 rings (SSSR count). The summed E-state index contributed by atoms with van der Waals surface area (Å²) in [6, 6.07) is 0. The molecule has 0 aliphatic heterocycles. The van der Waals surface area contributed by atoms with E-state index >= 15 is 0 Å². The average molecular weight is 330 g/mol. The van der Waals surface area contributed by atoms with Crippen LogP contribution in [0.3, 0.4) is 0 Å². The van der Waals surface area contributed by atoms with Gasteiger partial charge < -0.3 is 15.2 Å². The molecular formula is C19H39NO3. The first kappa shape index (κ1) is 22.4. The quantitative estimate of drug-likeness (QED) is 0.304. The summed E-state index contributed by atoms with van der Waals surface area (Å²) in [4.78, 5) is 11.0. The van der Waals surface area contributed by atoms with E-state index in [1.54, 1.807) is 0 Å². The maximum atomic E-state index is 11.0. The maximum absolute atomic E-state index is 11.0. The van der Waals surface area contributed by atoms with Crippen molar-refractivity contribution in [3.05, 3.63) is 0 Å². The van der Waals surface area contributed by atoms with Crippen molar-refractivity contribution >= 4 is 5.91 Å². The highest BCUT2D eigenvalue weighted by Gasteiger charge is 2.04. The molecule has 0 spiro atoms. The fraction of sp³-hybridized carbons (Fsp3) is 0.947. The minimum atomic E-state index is -0.688. The molecule has 2 N–H and O–H groups in total. The second-order valence-corrected chi connectivity index (χ2v) is 6.35. The monoisotopic (exact) mass is 329 g/mol. The summed E-state index contributed by atoms with van der Waals surface area (Å²) >= 11 is 0. The average Bonchev–Trinajstić information content (AvgIpc) is 2.56. The van der Waals surface area contributed by atoms with Crippen LogP contribution in [0.25, 0.3) is 0 Å². The van der Waals surface area contributed by atoms with Crippen LogP contribution in [-0.4, -0.2) is 30.5 Å². The summed E-state index contributed by atoms with van der Waals surface area (Å²) in [5, 5.41) is 12.4. The number of unbranched alkanes of at least 4 members (excludes halogenated alkanes) is 10. The van der Waals surface area contributed by atoms with Crippen LogP contribution in [-0.2, 0) is 9.53 Å². The lowest BCUT2D eigenvalue weighted by Gasteiger charge is -2.12. The van der Waals surface area contributed by atoms with Gasteiger partial charge in [-0.25, -0.2) is 0 Å². The van der Waals surface area contributed by atoms with Crippen molar-refractivity contribution in [2.75, 3.05) is 13.2 Å². The number of carbonyl (C=O) groups is 1. The molecule has 1 unspecified atom stereocenters. The molecule has 0 saturated heterocycles. The summed E-state index contributed by atoms with van der Waals surface area (Å²) in [5.41, 5.74) is 0. The largest absolute Gasteiger partial charge is 0.368 e. The normalized spacial score (nSPS) is 12.3. The van der Waals surface area contributed by atoms with Gasteiger partial charge in [0.15, 0.2) is 6.29 Å². The summed E-state index contributed by atoms with van der Waals surface area (Å²) in [6.45, 7) is 4.93. The molecule has 0 radical (unpaired) electrons. The molecule has 4 nitrogen and oxygen atoms in total. The van der Waals surface area contributed by atoms with Crippen LogP contribution >= 0.6 is 0 Å². The van der Waals surface area contributed by atoms with Gasteiger partial charge in [0.25, 0.3) is 0 Å². The summed E-state index contributed by atoms with van der Waals surface area (Å²) in [5.74, 6) is 0.0217. The fourth-order valence-corrected chi connectivity index (χ4v) is 2.58. The Kier molecular flexibility index (Phi) is 17.3. The number of amides is 1. The Balaban J connectivity index is 3.17. The maximum Gasteiger partial charge on any atom is 0.219 e. The van der Waals surface area contributed by atoms with Gasteiger partial charge in [0, 0.05) is 13.0 Å². The molecule has 0 aliphatic carbocycles. The lowest BCUT2D eigenvalue weighted by atomic mass is 10.1.